The third-order valence-corrected chi connectivity index (χ3v) is 1.72. The molecule has 1 aliphatic carbocycles. The summed E-state index contributed by atoms with van der Waals surface area (Å²) in [6, 6.07) is 0. The second-order valence-electron chi connectivity index (χ2n) is 2.51. The van der Waals surface area contributed by atoms with E-state index in [0.29, 0.717) is 0 Å². The zero-order chi connectivity index (χ0) is 8.55. The molecule has 0 unspecified atom stereocenters. The Bertz CT molecular complexity index is 281. The van der Waals surface area contributed by atoms with Gasteiger partial charge in [0.05, 0.1) is 0 Å². The number of ether oxygens (including phenoxy) is 2. The highest BCUT2D eigenvalue weighted by Gasteiger charge is 2.30. The molecule has 0 amide bonds. The van der Waals surface area contributed by atoms with Gasteiger partial charge in [-0.2, -0.15) is 0 Å². The number of carbonyl (C=O) groups is 2. The molecule has 2 aliphatic rings. The van der Waals surface area contributed by atoms with E-state index in [9.17, 15) is 9.59 Å². The summed E-state index contributed by atoms with van der Waals surface area (Å²) in [5.74, 6) is -0.245. The van der Waals surface area contributed by atoms with Crippen LogP contribution in [0.25, 0.3) is 0 Å². The van der Waals surface area contributed by atoms with Crippen LogP contribution < -0.4 is 0 Å². The summed E-state index contributed by atoms with van der Waals surface area (Å²) < 4.78 is 9.74. The van der Waals surface area contributed by atoms with Crippen LogP contribution in [-0.2, 0) is 19.1 Å². The molecule has 0 aromatic carbocycles. The van der Waals surface area contributed by atoms with E-state index in [2.05, 4.69) is 0 Å². The summed E-state index contributed by atoms with van der Waals surface area (Å²) in [6.45, 7) is 0. The Balaban J connectivity index is 2.41. The lowest BCUT2D eigenvalue weighted by Gasteiger charge is -2.18. The number of allylic oxidation sites excluding steroid dienone is 2. The van der Waals surface area contributed by atoms with Gasteiger partial charge in [0.15, 0.2) is 0 Å². The molecule has 4 heteroatoms. The lowest BCUT2D eigenvalue weighted by Crippen LogP contribution is -2.22. The first-order valence-corrected chi connectivity index (χ1v) is 3.58. The van der Waals surface area contributed by atoms with Crippen molar-refractivity contribution in [2.75, 3.05) is 0 Å². The van der Waals surface area contributed by atoms with Crippen LogP contribution in [0.1, 0.15) is 12.8 Å². The van der Waals surface area contributed by atoms with E-state index in [4.69, 9.17) is 9.47 Å². The topological polar surface area (TPSA) is 52.6 Å². The van der Waals surface area contributed by atoms with Crippen molar-refractivity contribution in [2.24, 2.45) is 0 Å². The first-order valence-electron chi connectivity index (χ1n) is 3.58. The molecule has 0 aromatic heterocycles. The van der Waals surface area contributed by atoms with Gasteiger partial charge in [0.2, 0.25) is 23.1 Å². The molecule has 12 heavy (non-hydrogen) atoms. The number of hydrogen-bond donors (Lipinski definition) is 0. The molecule has 2 rings (SSSR count). The van der Waals surface area contributed by atoms with Crippen molar-refractivity contribution in [3.05, 3.63) is 24.0 Å². The van der Waals surface area contributed by atoms with E-state index in [1.54, 1.807) is 0 Å². The minimum Gasteiger partial charge on any atom is -0.454 e. The average molecular weight is 166 g/mol. The van der Waals surface area contributed by atoms with Gasteiger partial charge in [-0.15, -0.1) is 0 Å². The molecule has 0 radical (unpaired) electrons. The third kappa shape index (κ3) is 0.922. The van der Waals surface area contributed by atoms with Gasteiger partial charge in [-0.25, -0.2) is 0 Å². The highest BCUT2D eigenvalue weighted by atomic mass is 16.5. The molecule has 62 valence electrons. The number of Topliss-reactive ketones (excluding diaryl/α,β-unsaturated/α-hetero) is 2. The summed E-state index contributed by atoms with van der Waals surface area (Å²) in [5.41, 5.74) is 0. The molecule has 0 saturated carbocycles. The third-order valence-electron chi connectivity index (χ3n) is 1.72. The second kappa shape index (κ2) is 2.48. The highest BCUT2D eigenvalue weighted by Crippen LogP contribution is 2.24. The van der Waals surface area contributed by atoms with Crippen LogP contribution in [0.15, 0.2) is 24.0 Å². The predicted molar refractivity (Wildman–Crippen MR) is 37.6 cm³/mol. The lowest BCUT2D eigenvalue weighted by molar-refractivity contribution is -0.127. The first-order chi connectivity index (χ1) is 5.79. The number of ketones is 2. The van der Waals surface area contributed by atoms with Crippen LogP contribution in [0.2, 0.25) is 0 Å². The Labute approximate surface area is 68.5 Å². The maximum Gasteiger partial charge on any atom is 0.215 e. The van der Waals surface area contributed by atoms with E-state index < -0.39 is 0 Å². The smallest absolute Gasteiger partial charge is 0.215 e. The van der Waals surface area contributed by atoms with E-state index in [1.165, 1.54) is 12.5 Å². The van der Waals surface area contributed by atoms with Crippen LogP contribution >= 0.6 is 0 Å². The molecule has 0 bridgehead atoms. The monoisotopic (exact) mass is 166 g/mol. The molecule has 1 heterocycles. The Kier molecular flexibility index (Phi) is 1.46. The van der Waals surface area contributed by atoms with Gasteiger partial charge in [-0.1, -0.05) is 0 Å². The highest BCUT2D eigenvalue weighted by molar-refractivity contribution is 6.09. The Hall–Kier alpha value is -1.58. The minimum absolute atomic E-state index is 0.0498. The molecule has 4 nitrogen and oxygen atoms in total. The first kappa shape index (κ1) is 7.09. The van der Waals surface area contributed by atoms with E-state index in [-0.39, 0.29) is 35.9 Å². The van der Waals surface area contributed by atoms with Crippen LogP contribution in [-0.4, -0.2) is 11.6 Å². The summed E-state index contributed by atoms with van der Waals surface area (Å²) in [6.07, 6.45) is 2.92. The molecule has 1 aliphatic heterocycles. The summed E-state index contributed by atoms with van der Waals surface area (Å²) >= 11 is 0. The molecule has 0 N–H and O–H groups in total. The van der Waals surface area contributed by atoms with E-state index in [0.717, 1.165) is 0 Å². The Morgan fingerprint density at radius 3 is 1.75 bits per heavy atom. The van der Waals surface area contributed by atoms with Crippen molar-refractivity contribution in [3.8, 4) is 0 Å². The number of carbonyl (C=O) groups excluding carboxylic acids is 2. The van der Waals surface area contributed by atoms with Gasteiger partial charge in [0.25, 0.3) is 0 Å². The van der Waals surface area contributed by atoms with Crippen molar-refractivity contribution in [2.45, 2.75) is 12.8 Å². The zero-order valence-corrected chi connectivity index (χ0v) is 6.20. The van der Waals surface area contributed by atoms with Gasteiger partial charge in [0, 0.05) is 12.8 Å². The van der Waals surface area contributed by atoms with Crippen molar-refractivity contribution in [3.63, 3.8) is 0 Å². The maximum atomic E-state index is 11.1. The average Bonchev–Trinajstić information content (AvgIpc) is 2.12. The van der Waals surface area contributed by atoms with Gasteiger partial charge >= 0.3 is 0 Å². The van der Waals surface area contributed by atoms with Gasteiger partial charge in [0.1, 0.15) is 12.5 Å². The maximum absolute atomic E-state index is 11.1. The molecule has 0 atom stereocenters. The fourth-order valence-corrected chi connectivity index (χ4v) is 1.14. The van der Waals surface area contributed by atoms with Crippen LogP contribution in [0, 0.1) is 0 Å². The SMILES string of the molecule is O=C1CCC(=O)C2=C1OC=CO2. The predicted octanol–water partition coefficient (Wildman–Crippen LogP) is 0.648. The lowest BCUT2D eigenvalue weighted by atomic mass is 10.0. The molecular weight excluding hydrogens is 160 g/mol. The van der Waals surface area contributed by atoms with Gasteiger partial charge in [-0.05, 0) is 0 Å². The largest absolute Gasteiger partial charge is 0.454 e. The number of rotatable bonds is 0. The van der Waals surface area contributed by atoms with Crippen LogP contribution in [0.5, 0.6) is 0 Å². The van der Waals surface area contributed by atoms with Crippen molar-refractivity contribution < 1.29 is 19.1 Å². The summed E-state index contributed by atoms with van der Waals surface area (Å²) in [5, 5.41) is 0. The van der Waals surface area contributed by atoms with Crippen molar-refractivity contribution in [1.82, 2.24) is 0 Å². The van der Waals surface area contributed by atoms with E-state index >= 15 is 0 Å². The summed E-state index contributed by atoms with van der Waals surface area (Å²) in [4.78, 5) is 22.3. The quantitative estimate of drug-likeness (QED) is 0.530. The molecule has 0 aromatic rings. The number of hydrogen-bond acceptors (Lipinski definition) is 4. The van der Waals surface area contributed by atoms with Gasteiger partial charge < -0.3 is 9.47 Å². The minimum atomic E-state index is -0.172. The van der Waals surface area contributed by atoms with Crippen molar-refractivity contribution >= 4 is 11.6 Å². The Morgan fingerprint density at radius 1 is 0.917 bits per heavy atom. The van der Waals surface area contributed by atoms with Gasteiger partial charge in [-0.3, -0.25) is 9.59 Å². The molecule has 0 saturated heterocycles. The molecule has 0 spiro atoms. The summed E-state index contributed by atoms with van der Waals surface area (Å²) in [7, 11) is 0. The fourth-order valence-electron chi connectivity index (χ4n) is 1.14. The normalized spacial score (nSPS) is 21.7. The van der Waals surface area contributed by atoms with Crippen LogP contribution in [0.4, 0.5) is 0 Å². The second-order valence-corrected chi connectivity index (χ2v) is 2.51. The standard InChI is InChI=1S/C8H6O4/c9-5-1-2-6(10)8-7(5)11-3-4-12-8/h3-4H,1-2H2. The fraction of sp³-hybridized carbons (Fsp3) is 0.250. The zero-order valence-electron chi connectivity index (χ0n) is 6.20. The van der Waals surface area contributed by atoms with E-state index in [1.807, 2.05) is 0 Å². The molecular formula is C8H6O4. The Morgan fingerprint density at radius 2 is 1.33 bits per heavy atom. The van der Waals surface area contributed by atoms with Crippen LogP contribution in [0.3, 0.4) is 0 Å². The molecule has 0 fully saturated rings. The van der Waals surface area contributed by atoms with Crippen molar-refractivity contribution in [1.29, 1.82) is 0 Å².